The van der Waals surface area contributed by atoms with E-state index >= 15 is 0 Å². The molecular weight excluding hydrogens is 396 g/mol. The van der Waals surface area contributed by atoms with Gasteiger partial charge in [-0.05, 0) is 63.4 Å². The molecule has 0 saturated heterocycles. The van der Waals surface area contributed by atoms with Crippen molar-refractivity contribution >= 4 is 29.3 Å². The number of hydrogen-bond acceptors (Lipinski definition) is 8. The lowest BCUT2D eigenvalue weighted by molar-refractivity contribution is -0.146. The van der Waals surface area contributed by atoms with E-state index in [0.717, 1.165) is 0 Å². The number of rotatable bonds is 9. The zero-order valence-corrected chi connectivity index (χ0v) is 18.7. The highest BCUT2D eigenvalue weighted by Gasteiger charge is 2.21. The van der Waals surface area contributed by atoms with Crippen LogP contribution in [0.2, 0.25) is 0 Å². The Morgan fingerprint density at radius 1 is 1.03 bits per heavy atom. The number of esters is 2. The maximum Gasteiger partial charge on any atom is 0.347 e. The summed E-state index contributed by atoms with van der Waals surface area (Å²) in [7, 11) is 0. The summed E-state index contributed by atoms with van der Waals surface area (Å²) in [5, 5.41) is 6.12. The standard InChI is InChI=1S/C23H30N4O4/c1-6-30-22(28)18(23(29)31-7-2)13-25-19-8-9-20(27-21(19)24)26-12-17-15(4)10-14(3)11-16(17)5/h8-11,13,25H,6-7,12H2,1-5H3,(H3,24,26,27). The van der Waals surface area contributed by atoms with E-state index < -0.39 is 11.9 Å². The molecule has 0 bridgehead atoms. The molecule has 0 spiro atoms. The predicted octanol–water partition coefficient (Wildman–Crippen LogP) is 3.62. The van der Waals surface area contributed by atoms with E-state index in [1.165, 1.54) is 28.5 Å². The number of ether oxygens (including phenoxy) is 2. The first-order valence-electron chi connectivity index (χ1n) is 10.1. The van der Waals surface area contributed by atoms with Gasteiger partial charge in [0.1, 0.15) is 11.6 Å². The fraction of sp³-hybridized carbons (Fsp3) is 0.348. The van der Waals surface area contributed by atoms with Crippen molar-refractivity contribution in [3.05, 3.63) is 58.3 Å². The van der Waals surface area contributed by atoms with Gasteiger partial charge in [-0.25, -0.2) is 14.6 Å². The summed E-state index contributed by atoms with van der Waals surface area (Å²) in [6.07, 6.45) is 1.22. The van der Waals surface area contributed by atoms with Crippen molar-refractivity contribution < 1.29 is 19.1 Å². The second-order valence-corrected chi connectivity index (χ2v) is 7.00. The predicted molar refractivity (Wildman–Crippen MR) is 122 cm³/mol. The molecule has 0 aliphatic carbocycles. The van der Waals surface area contributed by atoms with Gasteiger partial charge in [-0.15, -0.1) is 0 Å². The smallest absolute Gasteiger partial charge is 0.347 e. The van der Waals surface area contributed by atoms with Gasteiger partial charge in [-0.2, -0.15) is 0 Å². The summed E-state index contributed by atoms with van der Waals surface area (Å²) >= 11 is 0. The van der Waals surface area contributed by atoms with Crippen molar-refractivity contribution in [1.29, 1.82) is 0 Å². The Kier molecular flexibility index (Phi) is 8.43. The van der Waals surface area contributed by atoms with Gasteiger partial charge in [0.15, 0.2) is 5.57 Å². The molecule has 0 saturated carbocycles. The first-order chi connectivity index (χ1) is 14.8. The van der Waals surface area contributed by atoms with Crippen LogP contribution < -0.4 is 16.4 Å². The normalized spacial score (nSPS) is 10.2. The Morgan fingerprint density at radius 3 is 2.13 bits per heavy atom. The quantitative estimate of drug-likeness (QED) is 0.241. The van der Waals surface area contributed by atoms with Crippen molar-refractivity contribution in [1.82, 2.24) is 4.98 Å². The Balaban J connectivity index is 2.13. The van der Waals surface area contributed by atoms with E-state index in [2.05, 4.69) is 48.5 Å². The Hall–Kier alpha value is -3.55. The summed E-state index contributed by atoms with van der Waals surface area (Å²) in [4.78, 5) is 28.4. The second kappa shape index (κ2) is 11.0. The third-order valence-electron chi connectivity index (χ3n) is 4.57. The number of pyridine rings is 1. The van der Waals surface area contributed by atoms with Gasteiger partial charge in [0, 0.05) is 12.7 Å². The Bertz CT molecular complexity index is 943. The van der Waals surface area contributed by atoms with Gasteiger partial charge in [-0.1, -0.05) is 17.7 Å². The number of benzene rings is 1. The second-order valence-electron chi connectivity index (χ2n) is 7.00. The zero-order valence-electron chi connectivity index (χ0n) is 18.7. The summed E-state index contributed by atoms with van der Waals surface area (Å²) < 4.78 is 9.81. The molecule has 1 aromatic carbocycles. The van der Waals surface area contributed by atoms with Crippen LogP contribution >= 0.6 is 0 Å². The van der Waals surface area contributed by atoms with Gasteiger partial charge < -0.3 is 25.8 Å². The van der Waals surface area contributed by atoms with Crippen LogP contribution in [0.3, 0.4) is 0 Å². The Morgan fingerprint density at radius 2 is 1.61 bits per heavy atom. The minimum absolute atomic E-state index is 0.138. The van der Waals surface area contributed by atoms with Crippen LogP contribution in [0.15, 0.2) is 36.0 Å². The highest BCUT2D eigenvalue weighted by Crippen LogP contribution is 2.21. The van der Waals surface area contributed by atoms with Gasteiger partial charge in [0.2, 0.25) is 0 Å². The number of nitrogen functional groups attached to an aromatic ring is 1. The number of anilines is 3. The summed E-state index contributed by atoms with van der Waals surface area (Å²) in [5.74, 6) is -0.725. The average Bonchev–Trinajstić information content (AvgIpc) is 2.69. The zero-order chi connectivity index (χ0) is 23.0. The molecular formula is C23H30N4O4. The number of aromatic nitrogens is 1. The fourth-order valence-corrected chi connectivity index (χ4v) is 3.13. The van der Waals surface area contributed by atoms with Crippen molar-refractivity contribution in [3.8, 4) is 0 Å². The van der Waals surface area contributed by atoms with Crippen molar-refractivity contribution in [2.75, 3.05) is 29.6 Å². The van der Waals surface area contributed by atoms with E-state index in [0.29, 0.717) is 18.1 Å². The van der Waals surface area contributed by atoms with Crippen LogP contribution in [0.1, 0.15) is 36.1 Å². The van der Waals surface area contributed by atoms with Crippen LogP contribution in [0, 0.1) is 20.8 Å². The minimum atomic E-state index is -0.776. The molecule has 0 aliphatic heterocycles. The monoisotopic (exact) mass is 426 g/mol. The third kappa shape index (κ3) is 6.47. The lowest BCUT2D eigenvalue weighted by Gasteiger charge is -2.14. The molecule has 0 radical (unpaired) electrons. The molecule has 31 heavy (non-hydrogen) atoms. The average molecular weight is 427 g/mol. The number of hydrogen-bond donors (Lipinski definition) is 3. The maximum absolute atomic E-state index is 12.0. The molecule has 0 amide bonds. The minimum Gasteiger partial charge on any atom is -0.462 e. The molecule has 8 nitrogen and oxygen atoms in total. The molecule has 0 aliphatic rings. The number of nitrogens with two attached hydrogens (primary N) is 1. The third-order valence-corrected chi connectivity index (χ3v) is 4.57. The highest BCUT2D eigenvalue weighted by molar-refractivity contribution is 6.14. The molecule has 1 heterocycles. The molecule has 8 heteroatoms. The lowest BCUT2D eigenvalue weighted by atomic mass is 10.00. The van der Waals surface area contributed by atoms with Crippen molar-refractivity contribution in [2.45, 2.75) is 41.2 Å². The first-order valence-corrected chi connectivity index (χ1v) is 10.1. The highest BCUT2D eigenvalue weighted by atomic mass is 16.6. The number of carbonyl (C=O) groups excluding carboxylic acids is 2. The first kappa shape index (κ1) is 23.7. The molecule has 2 aromatic rings. The van der Waals surface area contributed by atoms with E-state index in [9.17, 15) is 9.59 Å². The van der Waals surface area contributed by atoms with Gasteiger partial charge in [0.25, 0.3) is 0 Å². The van der Waals surface area contributed by atoms with E-state index in [1.54, 1.807) is 26.0 Å². The van der Waals surface area contributed by atoms with Gasteiger partial charge in [0.05, 0.1) is 18.9 Å². The molecule has 166 valence electrons. The van der Waals surface area contributed by atoms with Gasteiger partial charge >= 0.3 is 11.9 Å². The number of nitrogens with zero attached hydrogens (tertiary/aromatic N) is 1. The molecule has 2 rings (SSSR count). The fourth-order valence-electron chi connectivity index (χ4n) is 3.13. The molecule has 0 unspecified atom stereocenters. The van der Waals surface area contributed by atoms with Crippen molar-refractivity contribution in [2.24, 2.45) is 0 Å². The number of aryl methyl sites for hydroxylation is 3. The van der Waals surface area contributed by atoms with Crippen LogP contribution in [0.5, 0.6) is 0 Å². The van der Waals surface area contributed by atoms with Crippen LogP contribution in [-0.2, 0) is 25.6 Å². The van der Waals surface area contributed by atoms with Gasteiger partial charge in [-0.3, -0.25) is 0 Å². The van der Waals surface area contributed by atoms with Crippen LogP contribution in [-0.4, -0.2) is 30.1 Å². The number of carbonyl (C=O) groups is 2. The molecule has 0 fully saturated rings. The maximum atomic E-state index is 12.0. The van der Waals surface area contributed by atoms with E-state index in [4.69, 9.17) is 15.2 Å². The lowest BCUT2D eigenvalue weighted by Crippen LogP contribution is -2.19. The summed E-state index contributed by atoms with van der Waals surface area (Å²) in [6, 6.07) is 7.77. The molecule has 4 N–H and O–H groups in total. The van der Waals surface area contributed by atoms with Crippen LogP contribution in [0.4, 0.5) is 17.3 Å². The summed E-state index contributed by atoms with van der Waals surface area (Å²) in [6.45, 7) is 10.5. The Labute approximate surface area is 182 Å². The topological polar surface area (TPSA) is 116 Å². The SMILES string of the molecule is CCOC(=O)C(=CNc1ccc(NCc2c(C)cc(C)cc2C)nc1N)C(=O)OCC. The largest absolute Gasteiger partial charge is 0.462 e. The number of nitrogens with one attached hydrogen (secondary N) is 2. The summed E-state index contributed by atoms with van der Waals surface area (Å²) in [5.41, 5.74) is 11.1. The molecule has 1 aromatic heterocycles. The van der Waals surface area contributed by atoms with E-state index in [1.807, 2.05) is 0 Å². The molecule has 0 atom stereocenters. The van der Waals surface area contributed by atoms with E-state index in [-0.39, 0.29) is 24.6 Å². The van der Waals surface area contributed by atoms with Crippen molar-refractivity contribution in [3.63, 3.8) is 0 Å². The van der Waals surface area contributed by atoms with Crippen LogP contribution in [0.25, 0.3) is 0 Å².